The number of fused-ring (bicyclic) bond motifs is 1. The zero-order chi connectivity index (χ0) is 32.4. The number of pyridine rings is 1. The number of hydrogen-bond acceptors (Lipinski definition) is 8. The predicted octanol–water partition coefficient (Wildman–Crippen LogP) is 7.37. The molecule has 2 aliphatic heterocycles. The van der Waals surface area contributed by atoms with E-state index < -0.39 is 5.60 Å². The average molecular weight is 623 g/mol. The van der Waals surface area contributed by atoms with Gasteiger partial charge in [0.15, 0.2) is 0 Å². The molecule has 2 aromatic heterocycles. The number of rotatable bonds is 7. The van der Waals surface area contributed by atoms with E-state index in [-0.39, 0.29) is 18.0 Å². The Bertz CT molecular complexity index is 1750. The van der Waals surface area contributed by atoms with Crippen LogP contribution in [-0.2, 0) is 9.53 Å². The summed E-state index contributed by atoms with van der Waals surface area (Å²) in [5, 5.41) is 5.30. The molecule has 0 saturated carbocycles. The number of hydrogen-bond donors (Lipinski definition) is 1. The summed E-state index contributed by atoms with van der Waals surface area (Å²) in [6.07, 6.45) is 6.41. The molecule has 2 aliphatic rings. The fraction of sp³-hybridized carbons (Fsp3) is 0.417. The summed E-state index contributed by atoms with van der Waals surface area (Å²) in [4.78, 5) is 43.2. The maximum Gasteiger partial charge on any atom is 0.410 e. The minimum atomic E-state index is -0.545. The van der Waals surface area contributed by atoms with E-state index in [2.05, 4.69) is 28.3 Å². The molecule has 0 aliphatic carbocycles. The molecule has 2 amide bonds. The predicted molar refractivity (Wildman–Crippen MR) is 179 cm³/mol. The average Bonchev–Trinajstić information content (AvgIpc) is 3.42. The summed E-state index contributed by atoms with van der Waals surface area (Å²) in [5.74, 6) is 2.11. The second-order valence-corrected chi connectivity index (χ2v) is 13.2. The molecule has 2 aromatic carbocycles. The summed E-state index contributed by atoms with van der Waals surface area (Å²) in [6.45, 7) is 11.7. The van der Waals surface area contributed by atoms with Crippen LogP contribution in [0.4, 0.5) is 16.4 Å². The molecule has 0 radical (unpaired) electrons. The van der Waals surface area contributed by atoms with Crippen molar-refractivity contribution in [3.05, 3.63) is 66.5 Å². The van der Waals surface area contributed by atoms with E-state index >= 15 is 0 Å². The number of anilines is 2. The fourth-order valence-electron chi connectivity index (χ4n) is 6.19. The van der Waals surface area contributed by atoms with Crippen molar-refractivity contribution in [3.8, 4) is 22.9 Å². The Morgan fingerprint density at radius 2 is 1.87 bits per heavy atom. The number of aryl methyl sites for hydroxylation is 1. The van der Waals surface area contributed by atoms with Crippen LogP contribution in [0.1, 0.15) is 58.9 Å². The Morgan fingerprint density at radius 1 is 1.02 bits per heavy atom. The van der Waals surface area contributed by atoms with Crippen molar-refractivity contribution >= 4 is 34.4 Å². The number of amides is 2. The summed E-state index contributed by atoms with van der Waals surface area (Å²) >= 11 is 0. The summed E-state index contributed by atoms with van der Waals surface area (Å²) in [5.41, 5.74) is 2.70. The highest BCUT2D eigenvalue weighted by Crippen LogP contribution is 2.40. The largest absolute Gasteiger partial charge is 0.444 e. The maximum atomic E-state index is 12.9. The number of likely N-dealkylation sites (tertiary alicyclic amines) is 1. The van der Waals surface area contributed by atoms with Crippen LogP contribution in [0.25, 0.3) is 22.0 Å². The number of benzene rings is 2. The quantitative estimate of drug-likeness (QED) is 0.228. The van der Waals surface area contributed by atoms with E-state index in [9.17, 15) is 9.59 Å². The van der Waals surface area contributed by atoms with E-state index in [1.807, 2.05) is 75.1 Å². The second kappa shape index (κ2) is 12.9. The van der Waals surface area contributed by atoms with Gasteiger partial charge in [0, 0.05) is 55.3 Å². The van der Waals surface area contributed by atoms with Gasteiger partial charge in [0.1, 0.15) is 11.4 Å². The van der Waals surface area contributed by atoms with Crippen LogP contribution < -0.4 is 15.0 Å². The number of carbonyl (C=O) groups excluding carboxylic acids is 2. The third-order valence-corrected chi connectivity index (χ3v) is 8.57. The van der Waals surface area contributed by atoms with Gasteiger partial charge in [-0.1, -0.05) is 37.6 Å². The molecule has 4 aromatic rings. The van der Waals surface area contributed by atoms with E-state index in [0.29, 0.717) is 48.7 Å². The molecule has 2 atom stereocenters. The van der Waals surface area contributed by atoms with Gasteiger partial charge in [-0.2, -0.15) is 0 Å². The van der Waals surface area contributed by atoms with Crippen molar-refractivity contribution in [1.82, 2.24) is 19.9 Å². The summed E-state index contributed by atoms with van der Waals surface area (Å²) in [6, 6.07) is 15.7. The molecule has 0 spiro atoms. The van der Waals surface area contributed by atoms with Crippen LogP contribution in [0.3, 0.4) is 0 Å². The molecule has 4 heterocycles. The Labute approximate surface area is 270 Å². The van der Waals surface area contributed by atoms with Crippen molar-refractivity contribution in [1.29, 1.82) is 0 Å². The van der Waals surface area contributed by atoms with Crippen molar-refractivity contribution in [2.24, 2.45) is 5.92 Å². The monoisotopic (exact) mass is 622 g/mol. The number of nitrogens with one attached hydrogen (secondary N) is 1. The normalized spacial score (nSPS) is 18.6. The standard InChI is InChI=1S/C36H42N6O4/c1-6-24-20-31(43)42(21-24)30-13-7-11-27-26(30)15-14-23(2)32(27)45-33-28(12-8-17-37-33)29-16-18-38-34(40-29)39-25-10-9-19-41(22-25)35(44)46-36(3,4)5/h7-8,11-18,24-25H,6,9-10,19-22H2,1-5H3,(H,38,39,40). The molecule has 6 rings (SSSR count). The minimum Gasteiger partial charge on any atom is -0.444 e. The highest BCUT2D eigenvalue weighted by atomic mass is 16.6. The first kappa shape index (κ1) is 31.3. The Hall–Kier alpha value is -4.73. The minimum absolute atomic E-state index is 0.0104. The lowest BCUT2D eigenvalue weighted by Gasteiger charge is -2.34. The van der Waals surface area contributed by atoms with Gasteiger partial charge >= 0.3 is 6.09 Å². The van der Waals surface area contributed by atoms with Crippen molar-refractivity contribution in [3.63, 3.8) is 0 Å². The van der Waals surface area contributed by atoms with Gasteiger partial charge in [-0.25, -0.2) is 19.7 Å². The molecule has 2 saturated heterocycles. The van der Waals surface area contributed by atoms with E-state index in [0.717, 1.165) is 53.4 Å². The lowest BCUT2D eigenvalue weighted by Crippen LogP contribution is -2.47. The Morgan fingerprint density at radius 3 is 2.65 bits per heavy atom. The molecular weight excluding hydrogens is 580 g/mol. The molecule has 46 heavy (non-hydrogen) atoms. The first-order valence-electron chi connectivity index (χ1n) is 16.1. The van der Waals surface area contributed by atoms with Crippen LogP contribution in [0, 0.1) is 12.8 Å². The fourth-order valence-corrected chi connectivity index (χ4v) is 6.19. The summed E-state index contributed by atoms with van der Waals surface area (Å²) < 4.78 is 12.2. The first-order chi connectivity index (χ1) is 22.1. The first-order valence-corrected chi connectivity index (χ1v) is 16.1. The van der Waals surface area contributed by atoms with Crippen LogP contribution in [0.2, 0.25) is 0 Å². The number of piperidine rings is 1. The number of nitrogens with zero attached hydrogens (tertiary/aromatic N) is 5. The SMILES string of the molecule is CCC1CC(=O)N(c2cccc3c(Oc4ncccc4-c4ccnc(NC5CCCN(C(=O)OC(C)(C)C)C5)n4)c(C)ccc23)C1. The molecule has 10 nitrogen and oxygen atoms in total. The molecular formula is C36H42N6O4. The zero-order valence-electron chi connectivity index (χ0n) is 27.2. The van der Waals surface area contributed by atoms with Crippen LogP contribution in [0.15, 0.2) is 60.9 Å². The van der Waals surface area contributed by atoms with Crippen molar-refractivity contribution in [2.45, 2.75) is 71.9 Å². The maximum absolute atomic E-state index is 12.9. The number of ether oxygens (including phenoxy) is 2. The van der Waals surface area contributed by atoms with Crippen molar-refractivity contribution < 1.29 is 19.1 Å². The lowest BCUT2D eigenvalue weighted by atomic mass is 10.0. The van der Waals surface area contributed by atoms with Gasteiger partial charge in [0.25, 0.3) is 0 Å². The van der Waals surface area contributed by atoms with E-state index in [4.69, 9.17) is 14.5 Å². The lowest BCUT2D eigenvalue weighted by molar-refractivity contribution is -0.117. The Kier molecular flexibility index (Phi) is 8.80. The zero-order valence-corrected chi connectivity index (χ0v) is 27.2. The third kappa shape index (κ3) is 6.76. The van der Waals surface area contributed by atoms with Gasteiger partial charge in [-0.05, 0) is 76.3 Å². The van der Waals surface area contributed by atoms with Gasteiger partial charge < -0.3 is 24.6 Å². The molecule has 2 unspecified atom stereocenters. The highest BCUT2D eigenvalue weighted by Gasteiger charge is 2.31. The second-order valence-electron chi connectivity index (χ2n) is 13.2. The van der Waals surface area contributed by atoms with Gasteiger partial charge in [0.05, 0.1) is 16.9 Å². The third-order valence-electron chi connectivity index (χ3n) is 8.57. The van der Waals surface area contributed by atoms with Crippen LogP contribution >= 0.6 is 0 Å². The van der Waals surface area contributed by atoms with Crippen LogP contribution in [-0.4, -0.2) is 63.1 Å². The van der Waals surface area contributed by atoms with Gasteiger partial charge in [-0.3, -0.25) is 4.79 Å². The molecule has 240 valence electrons. The molecule has 0 bridgehead atoms. The molecule has 2 fully saturated rings. The van der Waals surface area contributed by atoms with Gasteiger partial charge in [-0.15, -0.1) is 0 Å². The number of aromatic nitrogens is 3. The topological polar surface area (TPSA) is 110 Å². The molecule has 10 heteroatoms. The Balaban J connectivity index is 1.25. The summed E-state index contributed by atoms with van der Waals surface area (Å²) in [7, 11) is 0. The van der Waals surface area contributed by atoms with Gasteiger partial charge in [0.2, 0.25) is 17.7 Å². The van der Waals surface area contributed by atoms with E-state index in [1.165, 1.54) is 0 Å². The smallest absolute Gasteiger partial charge is 0.410 e. The highest BCUT2D eigenvalue weighted by molar-refractivity contribution is 6.06. The van der Waals surface area contributed by atoms with Crippen LogP contribution in [0.5, 0.6) is 11.6 Å². The molecule has 1 N–H and O–H groups in total. The van der Waals surface area contributed by atoms with E-state index in [1.54, 1.807) is 17.3 Å². The number of carbonyl (C=O) groups is 2. The van der Waals surface area contributed by atoms with Crippen molar-refractivity contribution in [2.75, 3.05) is 29.9 Å².